The quantitative estimate of drug-likeness (QED) is 0.227. The lowest BCUT2D eigenvalue weighted by Crippen LogP contribution is -2.47. The summed E-state index contributed by atoms with van der Waals surface area (Å²) in [4.78, 5) is 55.7. The normalized spacial score (nSPS) is 22.3. The SMILES string of the molecule is CCCC[C@H](C(=O)OCC(=O)Nc1cc(Cl)c(Br)cc1C)N1C(=O)[C@H]2C3c4ccccc4C(c4ccccc43)[C@@H]2C1=O. The average Bonchev–Trinajstić information content (AvgIpc) is 3.25. The van der Waals surface area contributed by atoms with Crippen LogP contribution < -0.4 is 5.32 Å². The fourth-order valence-electron chi connectivity index (χ4n) is 6.96. The largest absolute Gasteiger partial charge is 0.454 e. The first-order chi connectivity index (χ1) is 20.2. The third kappa shape index (κ3) is 4.65. The molecule has 3 aromatic rings. The van der Waals surface area contributed by atoms with Crippen molar-refractivity contribution < 1.29 is 23.9 Å². The molecule has 1 fully saturated rings. The van der Waals surface area contributed by atoms with E-state index in [-0.39, 0.29) is 30.1 Å². The molecule has 1 aliphatic heterocycles. The molecular weight excluding hydrogens is 620 g/mol. The number of imide groups is 1. The van der Waals surface area contributed by atoms with Crippen molar-refractivity contribution in [2.24, 2.45) is 11.8 Å². The third-order valence-corrected chi connectivity index (χ3v) is 9.98. The van der Waals surface area contributed by atoms with E-state index in [0.717, 1.165) is 39.1 Å². The van der Waals surface area contributed by atoms with Gasteiger partial charge in [0.1, 0.15) is 6.04 Å². The molecule has 3 atom stereocenters. The molecule has 0 aromatic heterocycles. The van der Waals surface area contributed by atoms with Gasteiger partial charge in [0.15, 0.2) is 6.61 Å². The van der Waals surface area contributed by atoms with Gasteiger partial charge in [0.2, 0.25) is 11.8 Å². The van der Waals surface area contributed by atoms with Gasteiger partial charge in [-0.1, -0.05) is 79.9 Å². The summed E-state index contributed by atoms with van der Waals surface area (Å²) in [5.41, 5.74) is 5.54. The molecule has 4 aliphatic rings. The fraction of sp³-hybridized carbons (Fsp3) is 0.333. The lowest BCUT2D eigenvalue weighted by molar-refractivity contribution is -0.160. The highest BCUT2D eigenvalue weighted by atomic mass is 79.9. The Bertz CT molecular complexity index is 1510. The van der Waals surface area contributed by atoms with Gasteiger partial charge in [-0.3, -0.25) is 19.3 Å². The van der Waals surface area contributed by atoms with E-state index >= 15 is 0 Å². The Hall–Kier alpha value is -3.49. The number of benzene rings is 3. The second-order valence-corrected chi connectivity index (χ2v) is 12.5. The number of carbonyl (C=O) groups excluding carboxylic acids is 4. The van der Waals surface area contributed by atoms with E-state index in [1.807, 2.05) is 62.4 Å². The van der Waals surface area contributed by atoms with Crippen LogP contribution in [0.15, 0.2) is 65.1 Å². The molecule has 42 heavy (non-hydrogen) atoms. The van der Waals surface area contributed by atoms with Crippen molar-refractivity contribution in [3.05, 3.63) is 98.0 Å². The minimum atomic E-state index is -1.10. The number of halogens is 2. The molecule has 2 bridgehead atoms. The Morgan fingerprint density at radius 1 is 0.952 bits per heavy atom. The predicted octanol–water partition coefficient (Wildman–Crippen LogP) is 6.34. The van der Waals surface area contributed by atoms with E-state index in [9.17, 15) is 19.2 Å². The molecule has 3 aromatic carbocycles. The number of esters is 1. The number of aryl methyl sites for hydroxylation is 1. The van der Waals surface area contributed by atoms with Gasteiger partial charge in [0, 0.05) is 22.0 Å². The van der Waals surface area contributed by atoms with Crippen molar-refractivity contribution in [1.29, 1.82) is 0 Å². The van der Waals surface area contributed by atoms with Crippen molar-refractivity contribution in [2.75, 3.05) is 11.9 Å². The minimum absolute atomic E-state index is 0.261. The Balaban J connectivity index is 1.25. The van der Waals surface area contributed by atoms with E-state index in [1.54, 1.807) is 12.1 Å². The van der Waals surface area contributed by atoms with Crippen LogP contribution in [0.1, 0.15) is 65.8 Å². The lowest BCUT2D eigenvalue weighted by atomic mass is 9.55. The summed E-state index contributed by atoms with van der Waals surface area (Å²) in [6.07, 6.45) is 1.64. The molecule has 1 heterocycles. The number of hydrogen-bond acceptors (Lipinski definition) is 5. The summed E-state index contributed by atoms with van der Waals surface area (Å²) in [7, 11) is 0. The van der Waals surface area contributed by atoms with Crippen molar-refractivity contribution in [2.45, 2.75) is 51.0 Å². The average molecular weight is 650 g/mol. The zero-order valence-electron chi connectivity index (χ0n) is 23.2. The number of anilines is 1. The van der Waals surface area contributed by atoms with Gasteiger partial charge in [-0.25, -0.2) is 4.79 Å². The molecule has 9 heteroatoms. The smallest absolute Gasteiger partial charge is 0.329 e. The highest BCUT2D eigenvalue weighted by molar-refractivity contribution is 9.10. The minimum Gasteiger partial charge on any atom is -0.454 e. The molecule has 216 valence electrons. The lowest BCUT2D eigenvalue weighted by Gasteiger charge is -2.45. The summed E-state index contributed by atoms with van der Waals surface area (Å²) in [5, 5.41) is 3.14. The molecule has 7 nitrogen and oxygen atoms in total. The summed E-state index contributed by atoms with van der Waals surface area (Å²) in [6, 6.07) is 18.3. The van der Waals surface area contributed by atoms with E-state index in [0.29, 0.717) is 21.6 Å². The Kier molecular flexibility index (Phi) is 7.70. The maximum atomic E-state index is 14.1. The molecule has 3 amide bonds. The number of rotatable bonds is 8. The van der Waals surface area contributed by atoms with Crippen LogP contribution >= 0.6 is 27.5 Å². The monoisotopic (exact) mass is 648 g/mol. The first-order valence-corrected chi connectivity index (χ1v) is 15.4. The van der Waals surface area contributed by atoms with E-state index in [1.165, 1.54) is 0 Å². The Morgan fingerprint density at radius 2 is 1.48 bits per heavy atom. The topological polar surface area (TPSA) is 92.8 Å². The first-order valence-electron chi connectivity index (χ1n) is 14.2. The number of hydrogen-bond donors (Lipinski definition) is 1. The number of likely N-dealkylation sites (tertiary alicyclic amines) is 1. The van der Waals surface area contributed by atoms with Gasteiger partial charge in [-0.05, 0) is 69.2 Å². The molecule has 0 saturated carbocycles. The summed E-state index contributed by atoms with van der Waals surface area (Å²) in [5.74, 6) is -3.68. The molecule has 1 N–H and O–H groups in total. The van der Waals surface area contributed by atoms with Crippen LogP contribution in [-0.4, -0.2) is 41.2 Å². The molecule has 3 aliphatic carbocycles. The van der Waals surface area contributed by atoms with Crippen LogP contribution in [0, 0.1) is 18.8 Å². The van der Waals surface area contributed by atoms with Crippen LogP contribution in [-0.2, 0) is 23.9 Å². The van der Waals surface area contributed by atoms with Crippen LogP contribution in [0.4, 0.5) is 5.69 Å². The predicted molar refractivity (Wildman–Crippen MR) is 162 cm³/mol. The Labute approximate surface area is 257 Å². The van der Waals surface area contributed by atoms with Crippen LogP contribution in [0.3, 0.4) is 0 Å². The molecule has 0 radical (unpaired) electrons. The maximum Gasteiger partial charge on any atom is 0.329 e. The van der Waals surface area contributed by atoms with Crippen LogP contribution in [0.25, 0.3) is 0 Å². The second-order valence-electron chi connectivity index (χ2n) is 11.2. The summed E-state index contributed by atoms with van der Waals surface area (Å²) >= 11 is 9.52. The number of unbranched alkanes of at least 4 members (excludes halogenated alkanes) is 1. The van der Waals surface area contributed by atoms with Crippen molar-refractivity contribution in [3.8, 4) is 0 Å². The zero-order valence-corrected chi connectivity index (χ0v) is 25.6. The number of amides is 3. The molecule has 1 saturated heterocycles. The third-order valence-electron chi connectivity index (χ3n) is 8.78. The van der Waals surface area contributed by atoms with Gasteiger partial charge in [-0.2, -0.15) is 0 Å². The van der Waals surface area contributed by atoms with Gasteiger partial charge in [-0.15, -0.1) is 0 Å². The van der Waals surface area contributed by atoms with Gasteiger partial charge in [0.05, 0.1) is 16.9 Å². The molecule has 0 spiro atoms. The van der Waals surface area contributed by atoms with E-state index < -0.39 is 36.4 Å². The molecule has 0 unspecified atom stereocenters. The van der Waals surface area contributed by atoms with Crippen LogP contribution in [0.2, 0.25) is 5.02 Å². The number of nitrogens with one attached hydrogen (secondary N) is 1. The number of carbonyl (C=O) groups is 4. The van der Waals surface area contributed by atoms with Crippen molar-refractivity contribution >= 4 is 56.9 Å². The molecular formula is C33H30BrClN2O5. The summed E-state index contributed by atoms with van der Waals surface area (Å²) < 4.78 is 6.14. The first kappa shape index (κ1) is 28.6. The van der Waals surface area contributed by atoms with Gasteiger partial charge in [0.25, 0.3) is 5.91 Å². The Morgan fingerprint density at radius 3 is 1.98 bits per heavy atom. The van der Waals surface area contributed by atoms with E-state index in [4.69, 9.17) is 16.3 Å². The summed E-state index contributed by atoms with van der Waals surface area (Å²) in [6.45, 7) is 3.24. The standard InChI is InChI=1S/C33H30BrClN2O5/c1-3-4-13-25(33(41)42-16-26(38)36-24-15-23(35)22(34)14-17(24)2)37-31(39)29-27-18-9-5-6-10-19(18)28(30(29)32(37)40)21-12-8-7-11-20(21)27/h5-12,14-15,25,27-30H,3-4,13,16H2,1-2H3,(H,36,38)/t25-,27?,28?,29+,30+/m1/s1. The maximum absolute atomic E-state index is 14.1. The fourth-order valence-corrected chi connectivity index (χ4v) is 7.58. The number of nitrogens with zero attached hydrogens (tertiary/aromatic N) is 1. The van der Waals surface area contributed by atoms with Gasteiger partial charge < -0.3 is 10.1 Å². The van der Waals surface area contributed by atoms with Crippen LogP contribution in [0.5, 0.6) is 0 Å². The highest BCUT2D eigenvalue weighted by Gasteiger charge is 2.63. The second kappa shape index (κ2) is 11.3. The number of ether oxygens (including phenoxy) is 1. The van der Waals surface area contributed by atoms with Gasteiger partial charge >= 0.3 is 5.97 Å². The highest BCUT2D eigenvalue weighted by Crippen LogP contribution is 2.61. The zero-order chi connectivity index (χ0) is 29.7. The molecule has 7 rings (SSSR count). The van der Waals surface area contributed by atoms with Crippen molar-refractivity contribution in [3.63, 3.8) is 0 Å². The van der Waals surface area contributed by atoms with E-state index in [2.05, 4.69) is 21.2 Å². The van der Waals surface area contributed by atoms with Crippen molar-refractivity contribution in [1.82, 2.24) is 4.90 Å².